The second-order valence-corrected chi connectivity index (χ2v) is 5.92. The lowest BCUT2D eigenvalue weighted by Crippen LogP contribution is -2.19. The first-order valence-electron chi connectivity index (χ1n) is 6.17. The van der Waals surface area contributed by atoms with E-state index in [-0.39, 0.29) is 6.04 Å². The Balaban J connectivity index is 2.27. The van der Waals surface area contributed by atoms with Gasteiger partial charge in [0.05, 0.1) is 16.1 Å². The average molecular weight is 316 g/mol. The first-order chi connectivity index (χ1) is 9.15. The Morgan fingerprint density at radius 1 is 1.21 bits per heavy atom. The van der Waals surface area contributed by atoms with Crippen molar-refractivity contribution in [3.63, 3.8) is 0 Å². The maximum absolute atomic E-state index is 6.02. The van der Waals surface area contributed by atoms with Crippen LogP contribution >= 0.6 is 34.5 Å². The van der Waals surface area contributed by atoms with Gasteiger partial charge < -0.3 is 5.32 Å². The second kappa shape index (κ2) is 6.66. The zero-order valence-electron chi connectivity index (χ0n) is 10.8. The molecule has 2 rings (SSSR count). The van der Waals surface area contributed by atoms with Crippen molar-refractivity contribution in [2.24, 2.45) is 0 Å². The minimum absolute atomic E-state index is 0.263. The van der Waals surface area contributed by atoms with Gasteiger partial charge in [0, 0.05) is 5.56 Å². The van der Waals surface area contributed by atoms with Crippen molar-refractivity contribution in [1.29, 1.82) is 0 Å². The van der Waals surface area contributed by atoms with Gasteiger partial charge in [-0.15, -0.1) is 10.2 Å². The topological polar surface area (TPSA) is 37.8 Å². The van der Waals surface area contributed by atoms with E-state index in [0.29, 0.717) is 10.0 Å². The van der Waals surface area contributed by atoms with Crippen LogP contribution in [0.3, 0.4) is 0 Å². The molecule has 0 saturated carbocycles. The Labute approximate surface area is 127 Å². The molecule has 6 heteroatoms. The molecule has 0 spiro atoms. The van der Waals surface area contributed by atoms with Crippen LogP contribution in [0.1, 0.15) is 31.3 Å². The highest BCUT2D eigenvalue weighted by Gasteiger charge is 2.15. The van der Waals surface area contributed by atoms with Gasteiger partial charge >= 0.3 is 0 Å². The third kappa shape index (κ3) is 3.45. The molecule has 3 nitrogen and oxygen atoms in total. The SMILES string of the molecule is CCNC(CC)c1nnc(-c2ccc(Cl)c(Cl)c2)s1. The van der Waals surface area contributed by atoms with Crippen molar-refractivity contribution in [1.82, 2.24) is 15.5 Å². The molecule has 0 saturated heterocycles. The van der Waals surface area contributed by atoms with Crippen LogP contribution in [0.2, 0.25) is 10.0 Å². The molecule has 19 heavy (non-hydrogen) atoms. The Hall–Kier alpha value is -0.680. The summed E-state index contributed by atoms with van der Waals surface area (Å²) >= 11 is 13.5. The summed E-state index contributed by atoms with van der Waals surface area (Å²) in [5, 5.41) is 14.9. The minimum Gasteiger partial charge on any atom is -0.308 e. The van der Waals surface area contributed by atoms with Crippen LogP contribution in [0.25, 0.3) is 10.6 Å². The summed E-state index contributed by atoms with van der Waals surface area (Å²) in [7, 11) is 0. The largest absolute Gasteiger partial charge is 0.308 e. The van der Waals surface area contributed by atoms with Crippen LogP contribution in [-0.4, -0.2) is 16.7 Å². The fourth-order valence-corrected chi connectivity index (χ4v) is 3.07. The Bertz CT molecular complexity index is 557. The molecule has 0 radical (unpaired) electrons. The lowest BCUT2D eigenvalue weighted by atomic mass is 10.2. The van der Waals surface area contributed by atoms with Crippen molar-refractivity contribution in [2.75, 3.05) is 6.54 Å². The van der Waals surface area contributed by atoms with E-state index in [4.69, 9.17) is 23.2 Å². The molecule has 0 fully saturated rings. The zero-order valence-corrected chi connectivity index (χ0v) is 13.1. The number of nitrogens with one attached hydrogen (secondary N) is 1. The first-order valence-corrected chi connectivity index (χ1v) is 7.75. The van der Waals surface area contributed by atoms with Gasteiger partial charge in [-0.1, -0.05) is 54.5 Å². The van der Waals surface area contributed by atoms with Gasteiger partial charge in [-0.25, -0.2) is 0 Å². The Morgan fingerprint density at radius 2 is 2.00 bits per heavy atom. The Kier molecular flexibility index (Phi) is 5.16. The summed E-state index contributed by atoms with van der Waals surface area (Å²) in [6.07, 6.45) is 0.990. The molecule has 0 bridgehead atoms. The van der Waals surface area contributed by atoms with Gasteiger partial charge in [-0.2, -0.15) is 0 Å². The van der Waals surface area contributed by atoms with Crippen LogP contribution in [0.5, 0.6) is 0 Å². The molecule has 1 unspecified atom stereocenters. The van der Waals surface area contributed by atoms with E-state index in [2.05, 4.69) is 29.4 Å². The van der Waals surface area contributed by atoms with Crippen LogP contribution in [0.15, 0.2) is 18.2 Å². The fourth-order valence-electron chi connectivity index (χ4n) is 1.77. The number of benzene rings is 1. The summed E-state index contributed by atoms with van der Waals surface area (Å²) in [5.74, 6) is 0. The molecule has 1 aromatic carbocycles. The molecule has 102 valence electrons. The number of aromatic nitrogens is 2. The third-order valence-corrected chi connectivity index (χ3v) is 4.59. The Morgan fingerprint density at radius 3 is 2.63 bits per heavy atom. The van der Waals surface area contributed by atoms with Crippen LogP contribution in [-0.2, 0) is 0 Å². The van der Waals surface area contributed by atoms with Gasteiger partial charge in [-0.3, -0.25) is 0 Å². The summed E-state index contributed by atoms with van der Waals surface area (Å²) < 4.78 is 0. The lowest BCUT2D eigenvalue weighted by molar-refractivity contribution is 0.531. The molecule has 2 aromatic rings. The highest BCUT2D eigenvalue weighted by atomic mass is 35.5. The molecular formula is C13H15Cl2N3S. The predicted octanol–water partition coefficient (Wildman–Crippen LogP) is 4.57. The van der Waals surface area contributed by atoms with Gasteiger partial charge in [-0.05, 0) is 25.1 Å². The quantitative estimate of drug-likeness (QED) is 0.878. The van der Waals surface area contributed by atoms with E-state index in [9.17, 15) is 0 Å². The van der Waals surface area contributed by atoms with E-state index in [0.717, 1.165) is 28.5 Å². The van der Waals surface area contributed by atoms with Gasteiger partial charge in [0.2, 0.25) is 0 Å². The number of rotatable bonds is 5. The normalized spacial score (nSPS) is 12.6. The van der Waals surface area contributed by atoms with Crippen molar-refractivity contribution in [3.8, 4) is 10.6 Å². The van der Waals surface area contributed by atoms with Crippen molar-refractivity contribution >= 4 is 34.5 Å². The zero-order chi connectivity index (χ0) is 13.8. The van der Waals surface area contributed by atoms with E-state index in [1.807, 2.05) is 12.1 Å². The third-order valence-electron chi connectivity index (χ3n) is 2.76. The molecule has 0 aliphatic rings. The first kappa shape index (κ1) is 14.7. The molecule has 1 aromatic heterocycles. The molecule has 0 amide bonds. The molecule has 1 atom stereocenters. The van der Waals surface area contributed by atoms with Crippen molar-refractivity contribution < 1.29 is 0 Å². The van der Waals surface area contributed by atoms with Crippen LogP contribution < -0.4 is 5.32 Å². The summed E-state index contributed by atoms with van der Waals surface area (Å²) in [6, 6.07) is 5.77. The minimum atomic E-state index is 0.263. The van der Waals surface area contributed by atoms with E-state index >= 15 is 0 Å². The molecule has 1 heterocycles. The maximum Gasteiger partial charge on any atom is 0.147 e. The summed E-state index contributed by atoms with van der Waals surface area (Å²) in [5.41, 5.74) is 0.949. The summed E-state index contributed by atoms with van der Waals surface area (Å²) in [6.45, 7) is 5.14. The monoisotopic (exact) mass is 315 g/mol. The van der Waals surface area contributed by atoms with Crippen molar-refractivity contribution in [2.45, 2.75) is 26.3 Å². The predicted molar refractivity (Wildman–Crippen MR) is 82.1 cm³/mol. The van der Waals surface area contributed by atoms with E-state index < -0.39 is 0 Å². The van der Waals surface area contributed by atoms with E-state index in [1.165, 1.54) is 0 Å². The number of hydrogen-bond donors (Lipinski definition) is 1. The van der Waals surface area contributed by atoms with Crippen LogP contribution in [0.4, 0.5) is 0 Å². The van der Waals surface area contributed by atoms with Crippen molar-refractivity contribution in [3.05, 3.63) is 33.3 Å². The van der Waals surface area contributed by atoms with E-state index in [1.54, 1.807) is 17.4 Å². The van der Waals surface area contributed by atoms with Crippen LogP contribution in [0, 0.1) is 0 Å². The molecule has 0 aliphatic carbocycles. The second-order valence-electron chi connectivity index (χ2n) is 4.09. The van der Waals surface area contributed by atoms with Gasteiger partial charge in [0.15, 0.2) is 0 Å². The highest BCUT2D eigenvalue weighted by molar-refractivity contribution is 7.14. The summed E-state index contributed by atoms with van der Waals surface area (Å²) in [4.78, 5) is 0. The number of nitrogens with zero attached hydrogens (tertiary/aromatic N) is 2. The highest BCUT2D eigenvalue weighted by Crippen LogP contribution is 2.32. The average Bonchev–Trinajstić information content (AvgIpc) is 2.88. The molecular weight excluding hydrogens is 301 g/mol. The molecule has 0 aliphatic heterocycles. The standard InChI is InChI=1S/C13H15Cl2N3S/c1-3-11(16-4-2)13-18-17-12(19-13)8-5-6-9(14)10(15)7-8/h5-7,11,16H,3-4H2,1-2H3. The maximum atomic E-state index is 6.02. The number of hydrogen-bond acceptors (Lipinski definition) is 4. The van der Waals surface area contributed by atoms with Gasteiger partial charge in [0.25, 0.3) is 0 Å². The van der Waals surface area contributed by atoms with Gasteiger partial charge in [0.1, 0.15) is 10.0 Å². The molecule has 1 N–H and O–H groups in total. The fraction of sp³-hybridized carbons (Fsp3) is 0.385. The lowest BCUT2D eigenvalue weighted by Gasteiger charge is -2.10. The smallest absolute Gasteiger partial charge is 0.147 e. The number of halogens is 2.